The van der Waals surface area contributed by atoms with Crippen molar-refractivity contribution < 1.29 is 9.53 Å². The molecule has 1 aromatic heterocycles. The summed E-state index contributed by atoms with van der Waals surface area (Å²) in [5.74, 6) is 0.879. The number of carbonyl (C=O) groups is 1. The maximum atomic E-state index is 13.0. The zero-order chi connectivity index (χ0) is 19.5. The molecule has 2 aliphatic rings. The molecule has 2 aliphatic heterocycles. The first kappa shape index (κ1) is 19.1. The van der Waals surface area contributed by atoms with Gasteiger partial charge < -0.3 is 9.64 Å². The number of likely N-dealkylation sites (tertiary alicyclic amines) is 1. The Hall–Kier alpha value is -2.21. The molecule has 0 spiro atoms. The van der Waals surface area contributed by atoms with E-state index in [1.807, 2.05) is 16.4 Å². The van der Waals surface area contributed by atoms with E-state index in [9.17, 15) is 9.59 Å². The fourth-order valence-electron chi connectivity index (χ4n) is 4.37. The van der Waals surface area contributed by atoms with Crippen molar-refractivity contribution in [2.24, 2.45) is 0 Å². The Morgan fingerprint density at radius 1 is 1.14 bits per heavy atom. The Kier molecular flexibility index (Phi) is 5.76. The van der Waals surface area contributed by atoms with Gasteiger partial charge in [0.2, 0.25) is 0 Å². The van der Waals surface area contributed by atoms with E-state index in [1.165, 1.54) is 6.42 Å². The summed E-state index contributed by atoms with van der Waals surface area (Å²) in [5.41, 5.74) is 1.29. The van der Waals surface area contributed by atoms with E-state index >= 15 is 0 Å². The number of benzene rings is 1. The minimum Gasteiger partial charge on any atom is -0.378 e. The summed E-state index contributed by atoms with van der Waals surface area (Å²) in [6.07, 6.45) is 7.27. The number of hydrogen-bond acceptors (Lipinski definition) is 4. The molecule has 3 heterocycles. The molecular weight excluding hydrogens is 354 g/mol. The molecule has 1 aromatic carbocycles. The summed E-state index contributed by atoms with van der Waals surface area (Å²) in [6, 6.07) is 5.35. The monoisotopic (exact) mass is 383 g/mol. The van der Waals surface area contributed by atoms with Gasteiger partial charge in [-0.2, -0.15) is 0 Å². The van der Waals surface area contributed by atoms with Crippen LogP contribution in [0.2, 0.25) is 0 Å². The lowest BCUT2D eigenvalue weighted by Crippen LogP contribution is -2.40. The molecule has 1 amide bonds. The second-order valence-electron chi connectivity index (χ2n) is 7.83. The highest BCUT2D eigenvalue weighted by Crippen LogP contribution is 2.20. The number of nitrogens with zero attached hydrogens (tertiary/aromatic N) is 3. The number of carbonyl (C=O) groups excluding carboxylic acids is 1. The molecule has 0 bridgehead atoms. The third kappa shape index (κ3) is 3.83. The van der Waals surface area contributed by atoms with Crippen LogP contribution >= 0.6 is 0 Å². The molecule has 1 fully saturated rings. The first-order chi connectivity index (χ1) is 13.7. The second kappa shape index (κ2) is 8.43. The Labute approximate surface area is 165 Å². The highest BCUT2D eigenvalue weighted by Gasteiger charge is 2.24. The number of aromatic nitrogens is 2. The Morgan fingerprint density at radius 2 is 1.93 bits per heavy atom. The van der Waals surface area contributed by atoms with Crippen LogP contribution in [0.15, 0.2) is 23.0 Å². The van der Waals surface area contributed by atoms with E-state index in [-0.39, 0.29) is 17.6 Å². The zero-order valence-corrected chi connectivity index (χ0v) is 16.7. The smallest absolute Gasteiger partial charge is 0.261 e. The lowest BCUT2D eigenvalue weighted by molar-refractivity contribution is 0.0146. The van der Waals surface area contributed by atoms with Gasteiger partial charge in [0.05, 0.1) is 17.0 Å². The molecule has 4 rings (SSSR count). The first-order valence-electron chi connectivity index (χ1n) is 10.6. The number of rotatable bonds is 3. The fourth-order valence-corrected chi connectivity index (χ4v) is 4.37. The lowest BCUT2D eigenvalue weighted by atomic mass is 10.0. The molecule has 0 saturated carbocycles. The molecular formula is C22H29N3O3. The van der Waals surface area contributed by atoms with Crippen LogP contribution in [0.5, 0.6) is 0 Å². The summed E-state index contributed by atoms with van der Waals surface area (Å²) in [7, 11) is 0. The van der Waals surface area contributed by atoms with Crippen molar-refractivity contribution in [3.05, 3.63) is 39.9 Å². The standard InChI is InChI=1S/C22H29N3O3/c1-2-28-17-10-13-24(14-11-17)21(26)16-8-9-18-19(15-16)23-20-7-5-3-4-6-12-25(20)22(18)27/h8-9,15,17H,2-7,10-14H2,1H3. The molecule has 6 nitrogen and oxygen atoms in total. The van der Waals surface area contributed by atoms with Crippen LogP contribution in [-0.2, 0) is 17.7 Å². The Balaban J connectivity index is 1.60. The van der Waals surface area contributed by atoms with Gasteiger partial charge in [0.1, 0.15) is 5.82 Å². The topological polar surface area (TPSA) is 64.4 Å². The van der Waals surface area contributed by atoms with Crippen LogP contribution < -0.4 is 5.56 Å². The van der Waals surface area contributed by atoms with Gasteiger partial charge in [0.25, 0.3) is 11.5 Å². The molecule has 0 aliphatic carbocycles. The van der Waals surface area contributed by atoms with Crippen LogP contribution in [0.4, 0.5) is 0 Å². The van der Waals surface area contributed by atoms with Crippen molar-refractivity contribution in [3.63, 3.8) is 0 Å². The third-order valence-corrected chi connectivity index (χ3v) is 5.94. The first-order valence-corrected chi connectivity index (χ1v) is 10.6. The molecule has 0 unspecified atom stereocenters. The van der Waals surface area contributed by atoms with Gasteiger partial charge in [0.15, 0.2) is 0 Å². The Morgan fingerprint density at radius 3 is 2.71 bits per heavy atom. The van der Waals surface area contributed by atoms with Gasteiger partial charge in [-0.15, -0.1) is 0 Å². The molecule has 28 heavy (non-hydrogen) atoms. The van der Waals surface area contributed by atoms with Gasteiger partial charge in [-0.3, -0.25) is 14.2 Å². The third-order valence-electron chi connectivity index (χ3n) is 5.94. The predicted octanol–water partition coefficient (Wildman–Crippen LogP) is 3.15. The fraction of sp³-hybridized carbons (Fsp3) is 0.591. The summed E-state index contributed by atoms with van der Waals surface area (Å²) >= 11 is 0. The van der Waals surface area contributed by atoms with Crippen LogP contribution in [-0.4, -0.2) is 46.2 Å². The van der Waals surface area contributed by atoms with E-state index in [1.54, 1.807) is 18.2 Å². The van der Waals surface area contributed by atoms with Crippen LogP contribution in [0.3, 0.4) is 0 Å². The van der Waals surface area contributed by atoms with Crippen LogP contribution in [0, 0.1) is 0 Å². The average Bonchev–Trinajstić information content (AvgIpc) is 2.69. The lowest BCUT2D eigenvalue weighted by Gasteiger charge is -2.31. The summed E-state index contributed by atoms with van der Waals surface area (Å²) in [5, 5.41) is 0.607. The van der Waals surface area contributed by atoms with E-state index in [0.717, 1.165) is 57.5 Å². The van der Waals surface area contributed by atoms with Gasteiger partial charge in [-0.1, -0.05) is 12.8 Å². The number of fused-ring (bicyclic) bond motifs is 2. The minimum atomic E-state index is 0.0190. The summed E-state index contributed by atoms with van der Waals surface area (Å²) in [4.78, 5) is 32.5. The molecule has 0 atom stereocenters. The highest BCUT2D eigenvalue weighted by molar-refractivity contribution is 5.97. The molecule has 0 N–H and O–H groups in total. The van der Waals surface area contributed by atoms with E-state index < -0.39 is 0 Å². The highest BCUT2D eigenvalue weighted by atomic mass is 16.5. The maximum Gasteiger partial charge on any atom is 0.261 e. The van der Waals surface area contributed by atoms with Crippen LogP contribution in [0.25, 0.3) is 10.9 Å². The van der Waals surface area contributed by atoms with Gasteiger partial charge in [-0.25, -0.2) is 4.98 Å². The van der Waals surface area contributed by atoms with E-state index in [2.05, 4.69) is 0 Å². The molecule has 1 saturated heterocycles. The number of piperidine rings is 1. The molecule has 0 radical (unpaired) electrons. The zero-order valence-electron chi connectivity index (χ0n) is 16.7. The minimum absolute atomic E-state index is 0.0190. The van der Waals surface area contributed by atoms with Gasteiger partial charge in [0, 0.05) is 38.2 Å². The summed E-state index contributed by atoms with van der Waals surface area (Å²) in [6.45, 7) is 4.88. The SMILES string of the molecule is CCOC1CCN(C(=O)c2ccc3c(=O)n4c(nc3c2)CCCCCC4)CC1. The van der Waals surface area contributed by atoms with Crippen molar-refractivity contribution in [2.75, 3.05) is 19.7 Å². The quantitative estimate of drug-likeness (QED) is 0.817. The van der Waals surface area contributed by atoms with Crippen molar-refractivity contribution in [1.29, 1.82) is 0 Å². The van der Waals surface area contributed by atoms with Gasteiger partial charge in [-0.05, 0) is 50.8 Å². The van der Waals surface area contributed by atoms with E-state index in [4.69, 9.17) is 9.72 Å². The van der Waals surface area contributed by atoms with Crippen molar-refractivity contribution in [1.82, 2.24) is 14.5 Å². The molecule has 150 valence electrons. The maximum absolute atomic E-state index is 13.0. The largest absolute Gasteiger partial charge is 0.378 e. The predicted molar refractivity (Wildman–Crippen MR) is 109 cm³/mol. The molecule has 2 aromatic rings. The van der Waals surface area contributed by atoms with Crippen molar-refractivity contribution in [2.45, 2.75) is 64.5 Å². The van der Waals surface area contributed by atoms with Crippen molar-refractivity contribution >= 4 is 16.8 Å². The number of hydrogen-bond donors (Lipinski definition) is 0. The summed E-state index contributed by atoms with van der Waals surface area (Å²) < 4.78 is 7.51. The van der Waals surface area contributed by atoms with E-state index in [0.29, 0.717) is 29.6 Å². The number of aryl methyl sites for hydroxylation is 1. The van der Waals surface area contributed by atoms with Crippen molar-refractivity contribution in [3.8, 4) is 0 Å². The van der Waals surface area contributed by atoms with Gasteiger partial charge >= 0.3 is 0 Å². The second-order valence-corrected chi connectivity index (χ2v) is 7.83. The Bertz CT molecular complexity index is 913. The average molecular weight is 383 g/mol. The number of amides is 1. The normalized spacial score (nSPS) is 18.5. The molecule has 6 heteroatoms. The van der Waals surface area contributed by atoms with Crippen LogP contribution in [0.1, 0.15) is 61.6 Å². The number of ether oxygens (including phenoxy) is 1.